The highest BCUT2D eigenvalue weighted by molar-refractivity contribution is 9.10. The molecule has 1 saturated heterocycles. The van der Waals surface area contributed by atoms with Crippen molar-refractivity contribution >= 4 is 33.2 Å². The van der Waals surface area contributed by atoms with E-state index in [2.05, 4.69) is 26.1 Å². The van der Waals surface area contributed by atoms with E-state index in [0.29, 0.717) is 10.2 Å². The first-order chi connectivity index (χ1) is 12.5. The minimum absolute atomic E-state index is 0.140. The van der Waals surface area contributed by atoms with E-state index in [0.717, 1.165) is 38.4 Å². The van der Waals surface area contributed by atoms with Gasteiger partial charge in [0.15, 0.2) is 0 Å². The number of carbonyl (C=O) groups excluding carboxylic acids is 1. The molecule has 0 unspecified atom stereocenters. The summed E-state index contributed by atoms with van der Waals surface area (Å²) >= 11 is 3.11. The van der Waals surface area contributed by atoms with Gasteiger partial charge in [-0.15, -0.1) is 0 Å². The molecule has 1 aliphatic rings. The van der Waals surface area contributed by atoms with Crippen molar-refractivity contribution in [2.45, 2.75) is 6.54 Å². The summed E-state index contributed by atoms with van der Waals surface area (Å²) in [6.45, 7) is 4.19. The van der Waals surface area contributed by atoms with Crippen molar-refractivity contribution in [3.05, 3.63) is 68.2 Å². The molecule has 2 aromatic rings. The minimum Gasteiger partial charge on any atom is -0.379 e. The summed E-state index contributed by atoms with van der Waals surface area (Å²) in [5, 5.41) is 13.8. The van der Waals surface area contributed by atoms with Crippen LogP contribution in [0.15, 0.2) is 46.9 Å². The first kappa shape index (κ1) is 18.5. The van der Waals surface area contributed by atoms with Gasteiger partial charge in [-0.2, -0.15) is 0 Å². The topological polar surface area (TPSA) is 84.7 Å². The second-order valence-corrected chi connectivity index (χ2v) is 6.82. The lowest BCUT2D eigenvalue weighted by atomic mass is 10.1. The molecule has 26 heavy (non-hydrogen) atoms. The molecule has 1 heterocycles. The lowest BCUT2D eigenvalue weighted by Crippen LogP contribution is -2.35. The third kappa shape index (κ3) is 4.66. The number of benzene rings is 2. The van der Waals surface area contributed by atoms with Gasteiger partial charge in [-0.3, -0.25) is 19.8 Å². The summed E-state index contributed by atoms with van der Waals surface area (Å²) in [6, 6.07) is 11.9. The number of nitro benzene ring substituents is 1. The molecule has 136 valence electrons. The van der Waals surface area contributed by atoms with E-state index in [4.69, 9.17) is 4.74 Å². The first-order valence-corrected chi connectivity index (χ1v) is 8.96. The van der Waals surface area contributed by atoms with Crippen molar-refractivity contribution in [3.63, 3.8) is 0 Å². The van der Waals surface area contributed by atoms with E-state index in [-0.39, 0.29) is 17.2 Å². The monoisotopic (exact) mass is 419 g/mol. The molecule has 0 bridgehead atoms. The molecule has 1 N–H and O–H groups in total. The third-order valence-electron chi connectivity index (χ3n) is 4.13. The lowest BCUT2D eigenvalue weighted by molar-refractivity contribution is -0.385. The molecule has 0 saturated carbocycles. The number of rotatable bonds is 5. The number of anilines is 1. The lowest BCUT2D eigenvalue weighted by Gasteiger charge is -2.26. The van der Waals surface area contributed by atoms with Gasteiger partial charge in [0.2, 0.25) is 0 Å². The molecule has 1 aliphatic heterocycles. The van der Waals surface area contributed by atoms with Gasteiger partial charge in [-0.1, -0.05) is 12.1 Å². The Hall–Kier alpha value is -2.29. The number of hydrogen-bond donors (Lipinski definition) is 1. The maximum atomic E-state index is 12.3. The number of carbonyl (C=O) groups is 1. The van der Waals surface area contributed by atoms with Gasteiger partial charge in [-0.25, -0.2) is 0 Å². The number of nitro groups is 1. The van der Waals surface area contributed by atoms with Crippen LogP contribution in [0.4, 0.5) is 11.4 Å². The summed E-state index contributed by atoms with van der Waals surface area (Å²) in [7, 11) is 0. The number of halogens is 1. The van der Waals surface area contributed by atoms with Crippen LogP contribution in [0.2, 0.25) is 0 Å². The Morgan fingerprint density at radius 3 is 2.54 bits per heavy atom. The summed E-state index contributed by atoms with van der Waals surface area (Å²) in [5.74, 6) is -0.387. The summed E-state index contributed by atoms with van der Waals surface area (Å²) in [4.78, 5) is 25.1. The Morgan fingerprint density at radius 1 is 1.19 bits per heavy atom. The van der Waals surface area contributed by atoms with E-state index in [1.165, 1.54) is 12.1 Å². The van der Waals surface area contributed by atoms with Crippen molar-refractivity contribution in [1.29, 1.82) is 0 Å². The SMILES string of the molecule is O=C(Nc1ccc(CN2CCOCC2)cc1)c1ccc(Br)c([N+](=O)[O-])c1. The Kier molecular flexibility index (Phi) is 5.97. The van der Waals surface area contributed by atoms with E-state index in [1.54, 1.807) is 6.07 Å². The summed E-state index contributed by atoms with van der Waals surface area (Å²) in [6.07, 6.45) is 0. The third-order valence-corrected chi connectivity index (χ3v) is 4.80. The van der Waals surface area contributed by atoms with Crippen LogP contribution >= 0.6 is 15.9 Å². The van der Waals surface area contributed by atoms with E-state index >= 15 is 0 Å². The highest BCUT2D eigenvalue weighted by Gasteiger charge is 2.16. The Labute approximate surface area is 159 Å². The molecule has 1 amide bonds. The Balaban J connectivity index is 1.64. The Morgan fingerprint density at radius 2 is 1.88 bits per heavy atom. The van der Waals surface area contributed by atoms with Crippen LogP contribution in [-0.4, -0.2) is 42.0 Å². The largest absolute Gasteiger partial charge is 0.379 e. The molecule has 0 radical (unpaired) electrons. The van der Waals surface area contributed by atoms with E-state index in [1.807, 2.05) is 24.3 Å². The molecule has 0 atom stereocenters. The average molecular weight is 420 g/mol. The predicted molar refractivity (Wildman–Crippen MR) is 101 cm³/mol. The van der Waals surface area contributed by atoms with Gasteiger partial charge >= 0.3 is 0 Å². The average Bonchev–Trinajstić information content (AvgIpc) is 2.64. The fourth-order valence-corrected chi connectivity index (χ4v) is 3.10. The smallest absolute Gasteiger partial charge is 0.284 e. The number of morpholine rings is 1. The second kappa shape index (κ2) is 8.39. The molecule has 0 aromatic heterocycles. The zero-order chi connectivity index (χ0) is 18.5. The maximum absolute atomic E-state index is 12.3. The highest BCUT2D eigenvalue weighted by Crippen LogP contribution is 2.26. The molecule has 1 fully saturated rings. The van der Waals surface area contributed by atoms with Gasteiger partial charge in [0.05, 0.1) is 22.6 Å². The zero-order valence-corrected chi connectivity index (χ0v) is 15.6. The van der Waals surface area contributed by atoms with Gasteiger partial charge in [0.25, 0.3) is 11.6 Å². The fraction of sp³-hybridized carbons (Fsp3) is 0.278. The van der Waals surface area contributed by atoms with Crippen molar-refractivity contribution < 1.29 is 14.5 Å². The molecule has 0 aliphatic carbocycles. The summed E-state index contributed by atoms with van der Waals surface area (Å²) < 4.78 is 5.68. The van der Waals surface area contributed by atoms with Crippen LogP contribution in [0.3, 0.4) is 0 Å². The maximum Gasteiger partial charge on any atom is 0.284 e. The zero-order valence-electron chi connectivity index (χ0n) is 14.0. The van der Waals surface area contributed by atoms with Gasteiger partial charge in [0, 0.05) is 37.0 Å². The van der Waals surface area contributed by atoms with Crippen molar-refractivity contribution in [3.8, 4) is 0 Å². The molecule has 8 heteroatoms. The second-order valence-electron chi connectivity index (χ2n) is 5.96. The van der Waals surface area contributed by atoms with Crippen molar-refractivity contribution in [1.82, 2.24) is 4.90 Å². The number of hydrogen-bond acceptors (Lipinski definition) is 5. The van der Waals surface area contributed by atoms with E-state index < -0.39 is 4.92 Å². The molecule has 2 aromatic carbocycles. The van der Waals surface area contributed by atoms with E-state index in [9.17, 15) is 14.9 Å². The standard InChI is InChI=1S/C18H18BrN3O4/c19-16-6-3-14(11-17(16)22(24)25)18(23)20-15-4-1-13(2-5-15)12-21-7-9-26-10-8-21/h1-6,11H,7-10,12H2,(H,20,23). The van der Waals surface area contributed by atoms with Crippen molar-refractivity contribution in [2.24, 2.45) is 0 Å². The number of amides is 1. The Bertz CT molecular complexity index is 805. The molecule has 0 spiro atoms. The molecular weight excluding hydrogens is 402 g/mol. The molecule has 7 nitrogen and oxygen atoms in total. The molecule has 3 rings (SSSR count). The number of nitrogens with zero attached hydrogens (tertiary/aromatic N) is 2. The van der Waals surface area contributed by atoms with Crippen LogP contribution in [0.5, 0.6) is 0 Å². The fourth-order valence-electron chi connectivity index (χ4n) is 2.71. The van der Waals surface area contributed by atoms with Crippen molar-refractivity contribution in [2.75, 3.05) is 31.6 Å². The normalized spacial score (nSPS) is 14.8. The number of ether oxygens (including phenoxy) is 1. The number of nitrogens with one attached hydrogen (secondary N) is 1. The quantitative estimate of drug-likeness (QED) is 0.592. The minimum atomic E-state index is -0.526. The van der Waals surface area contributed by atoms with Gasteiger partial charge < -0.3 is 10.1 Å². The van der Waals surface area contributed by atoms with Crippen LogP contribution in [0, 0.1) is 10.1 Å². The first-order valence-electron chi connectivity index (χ1n) is 8.17. The van der Waals surface area contributed by atoms with Gasteiger partial charge in [-0.05, 0) is 45.8 Å². The highest BCUT2D eigenvalue weighted by atomic mass is 79.9. The predicted octanol–water partition coefficient (Wildman–Crippen LogP) is 3.44. The molecular formula is C18H18BrN3O4. The van der Waals surface area contributed by atoms with Crippen LogP contribution in [-0.2, 0) is 11.3 Å². The van der Waals surface area contributed by atoms with Gasteiger partial charge in [0.1, 0.15) is 0 Å². The van der Waals surface area contributed by atoms with Crippen LogP contribution in [0.1, 0.15) is 15.9 Å². The van der Waals surface area contributed by atoms with Crippen LogP contribution < -0.4 is 5.32 Å². The summed E-state index contributed by atoms with van der Waals surface area (Å²) in [5.41, 5.74) is 1.89. The van der Waals surface area contributed by atoms with Crippen LogP contribution in [0.25, 0.3) is 0 Å².